The molecule has 0 amide bonds. The van der Waals surface area contributed by atoms with Crippen LogP contribution in [0.15, 0.2) is 42.9 Å². The number of nitrogens with one attached hydrogen (secondary N) is 1. The van der Waals surface area contributed by atoms with Gasteiger partial charge in [0, 0.05) is 30.2 Å². The number of alkyl halides is 2. The predicted octanol–water partition coefficient (Wildman–Crippen LogP) is 4.01. The summed E-state index contributed by atoms with van der Waals surface area (Å²) in [6.45, 7) is -2.72. The second-order valence-electron chi connectivity index (χ2n) is 7.60. The van der Waals surface area contributed by atoms with E-state index in [1.54, 1.807) is 22.3 Å². The molecule has 162 valence electrons. The van der Waals surface area contributed by atoms with E-state index in [9.17, 15) is 8.78 Å². The largest absolute Gasteiger partial charge is 0.479 e. The van der Waals surface area contributed by atoms with Crippen molar-refractivity contribution in [3.8, 4) is 17.0 Å². The number of pyridine rings is 1. The second kappa shape index (κ2) is 8.10. The van der Waals surface area contributed by atoms with Crippen molar-refractivity contribution in [1.29, 1.82) is 0 Å². The summed E-state index contributed by atoms with van der Waals surface area (Å²) >= 11 is 0. The first-order chi connectivity index (χ1) is 15.1. The van der Waals surface area contributed by atoms with E-state index >= 15 is 0 Å². The van der Waals surface area contributed by atoms with Crippen molar-refractivity contribution >= 4 is 17.0 Å². The highest BCUT2D eigenvalue weighted by Gasteiger charge is 2.25. The van der Waals surface area contributed by atoms with Crippen LogP contribution in [0.3, 0.4) is 0 Å². The summed E-state index contributed by atoms with van der Waals surface area (Å²) in [4.78, 5) is 4.56. The first-order valence-corrected chi connectivity index (χ1v) is 10.2. The maximum Gasteiger partial charge on any atom is 0.345 e. The molecular weight excluding hydrogens is 406 g/mol. The van der Waals surface area contributed by atoms with Crippen LogP contribution in [0.4, 0.5) is 14.7 Å². The van der Waals surface area contributed by atoms with E-state index < -0.39 is 12.7 Å². The molecule has 1 aliphatic rings. The molecule has 4 aromatic rings. The summed E-state index contributed by atoms with van der Waals surface area (Å²) in [6.07, 6.45) is 7.71. The van der Waals surface area contributed by atoms with Crippen LogP contribution in [0.1, 0.15) is 25.7 Å². The molecule has 0 radical (unpaired) electrons. The Hall–Kier alpha value is -3.27. The number of anilines is 1. The van der Waals surface area contributed by atoms with Crippen LogP contribution in [-0.2, 0) is 4.74 Å². The van der Waals surface area contributed by atoms with E-state index in [0.717, 1.165) is 22.2 Å². The molecule has 4 aromatic heterocycles. The molecule has 5 rings (SSSR count). The smallest absolute Gasteiger partial charge is 0.345 e. The Bertz CT molecular complexity index is 1200. The molecule has 0 atom stereocenters. The fourth-order valence-corrected chi connectivity index (χ4v) is 4.19. The average molecular weight is 428 g/mol. The number of ether oxygens (including phenoxy) is 2. The number of rotatable bonds is 6. The fraction of sp³-hybridized carbons (Fsp3) is 0.381. The first kappa shape index (κ1) is 19.7. The molecular formula is C21H22F2N6O2. The Morgan fingerprint density at radius 1 is 1.10 bits per heavy atom. The molecule has 0 aliphatic heterocycles. The van der Waals surface area contributed by atoms with Gasteiger partial charge in [-0.05, 0) is 55.5 Å². The van der Waals surface area contributed by atoms with Gasteiger partial charge in [-0.15, -0.1) is 5.10 Å². The van der Waals surface area contributed by atoms with Crippen LogP contribution in [-0.4, -0.2) is 50.1 Å². The van der Waals surface area contributed by atoms with E-state index in [4.69, 9.17) is 4.74 Å². The van der Waals surface area contributed by atoms with Crippen molar-refractivity contribution in [3.05, 3.63) is 42.9 Å². The maximum atomic E-state index is 12.4. The Kier molecular flexibility index (Phi) is 5.14. The van der Waals surface area contributed by atoms with Gasteiger partial charge in [0.15, 0.2) is 0 Å². The molecule has 0 bridgehead atoms. The zero-order valence-electron chi connectivity index (χ0n) is 16.9. The Morgan fingerprint density at radius 3 is 2.68 bits per heavy atom. The number of aromatic nitrogens is 5. The lowest BCUT2D eigenvalue weighted by Crippen LogP contribution is -2.31. The van der Waals surface area contributed by atoms with Crippen LogP contribution in [0, 0.1) is 0 Å². The first-order valence-electron chi connectivity index (χ1n) is 10.2. The number of halogens is 2. The Labute approximate surface area is 176 Å². The minimum Gasteiger partial charge on any atom is -0.479 e. The number of fused-ring (bicyclic) bond motifs is 2. The molecule has 31 heavy (non-hydrogen) atoms. The van der Waals surface area contributed by atoms with Gasteiger partial charge in [-0.3, -0.25) is 0 Å². The molecule has 0 saturated heterocycles. The standard InChI is InChI=1S/C21H22F2N6O2/c1-30-19-18-17(13-7-10-28-15(12-13)6-9-24-28)8-11-29(18)27-21(26-19)25-14-2-4-16(5-3-14)31-20(22)23/h6-12,14,16,20H,2-5H2,1H3,(H,25,27). The summed E-state index contributed by atoms with van der Waals surface area (Å²) < 4.78 is 38.6. The van der Waals surface area contributed by atoms with Gasteiger partial charge < -0.3 is 14.8 Å². The van der Waals surface area contributed by atoms with Gasteiger partial charge in [0.05, 0.1) is 18.7 Å². The number of hydrogen-bond acceptors (Lipinski definition) is 6. The van der Waals surface area contributed by atoms with Crippen molar-refractivity contribution in [2.24, 2.45) is 0 Å². The molecule has 1 aliphatic carbocycles. The van der Waals surface area contributed by atoms with E-state index in [2.05, 4.69) is 25.2 Å². The van der Waals surface area contributed by atoms with Crippen molar-refractivity contribution in [2.45, 2.75) is 44.4 Å². The normalized spacial score (nSPS) is 19.4. The van der Waals surface area contributed by atoms with E-state index in [0.29, 0.717) is 37.5 Å². The molecule has 8 nitrogen and oxygen atoms in total. The topological polar surface area (TPSA) is 78.0 Å². The minimum absolute atomic E-state index is 0.0963. The van der Waals surface area contributed by atoms with Gasteiger partial charge in [-0.1, -0.05) is 0 Å². The SMILES string of the molecule is COc1nc(NC2CCC(OC(F)F)CC2)nn2ccc(-c3ccn4nccc4c3)c12. The summed E-state index contributed by atoms with van der Waals surface area (Å²) in [5, 5.41) is 12.1. The third-order valence-corrected chi connectivity index (χ3v) is 5.69. The highest BCUT2D eigenvalue weighted by Crippen LogP contribution is 2.32. The summed E-state index contributed by atoms with van der Waals surface area (Å²) in [5.41, 5.74) is 3.72. The Morgan fingerprint density at radius 2 is 1.90 bits per heavy atom. The van der Waals surface area contributed by atoms with Crippen molar-refractivity contribution < 1.29 is 18.3 Å². The van der Waals surface area contributed by atoms with Crippen molar-refractivity contribution in [3.63, 3.8) is 0 Å². The summed E-state index contributed by atoms with van der Waals surface area (Å²) in [5.74, 6) is 0.900. The van der Waals surface area contributed by atoms with Crippen LogP contribution in [0.5, 0.6) is 5.88 Å². The zero-order valence-corrected chi connectivity index (χ0v) is 16.9. The van der Waals surface area contributed by atoms with Gasteiger partial charge in [-0.2, -0.15) is 18.9 Å². The Balaban J connectivity index is 1.39. The third-order valence-electron chi connectivity index (χ3n) is 5.69. The maximum absolute atomic E-state index is 12.4. The zero-order chi connectivity index (χ0) is 21.4. The van der Waals surface area contributed by atoms with Crippen LogP contribution >= 0.6 is 0 Å². The van der Waals surface area contributed by atoms with Gasteiger partial charge in [-0.25, -0.2) is 9.03 Å². The number of methoxy groups -OCH3 is 1. The monoisotopic (exact) mass is 428 g/mol. The molecule has 10 heteroatoms. The highest BCUT2D eigenvalue weighted by atomic mass is 19.3. The molecule has 1 saturated carbocycles. The quantitative estimate of drug-likeness (QED) is 0.500. The fourth-order valence-electron chi connectivity index (χ4n) is 4.19. The molecule has 4 heterocycles. The van der Waals surface area contributed by atoms with E-state index in [1.807, 2.05) is 36.7 Å². The average Bonchev–Trinajstić information content (AvgIpc) is 3.40. The molecule has 0 unspecified atom stereocenters. The van der Waals surface area contributed by atoms with Gasteiger partial charge in [0.25, 0.3) is 0 Å². The van der Waals surface area contributed by atoms with Crippen molar-refractivity contribution in [1.82, 2.24) is 24.2 Å². The predicted molar refractivity (Wildman–Crippen MR) is 110 cm³/mol. The number of nitrogens with zero attached hydrogens (tertiary/aromatic N) is 5. The van der Waals surface area contributed by atoms with E-state index in [1.165, 1.54) is 0 Å². The van der Waals surface area contributed by atoms with Crippen LogP contribution in [0.25, 0.3) is 22.2 Å². The van der Waals surface area contributed by atoms with Crippen molar-refractivity contribution in [2.75, 3.05) is 12.4 Å². The summed E-state index contributed by atoms with van der Waals surface area (Å²) in [7, 11) is 1.58. The van der Waals surface area contributed by atoms with Crippen LogP contribution in [0.2, 0.25) is 0 Å². The lowest BCUT2D eigenvalue weighted by atomic mass is 9.93. The van der Waals surface area contributed by atoms with Crippen LogP contribution < -0.4 is 10.1 Å². The summed E-state index contributed by atoms with van der Waals surface area (Å²) in [6, 6.07) is 8.05. The molecule has 0 aromatic carbocycles. The highest BCUT2D eigenvalue weighted by molar-refractivity contribution is 5.85. The molecule has 0 spiro atoms. The van der Waals surface area contributed by atoms with Gasteiger partial charge >= 0.3 is 6.61 Å². The minimum atomic E-state index is -2.72. The lowest BCUT2D eigenvalue weighted by molar-refractivity contribution is -0.169. The van der Waals surface area contributed by atoms with Gasteiger partial charge in [0.2, 0.25) is 11.8 Å². The molecule has 1 N–H and O–H groups in total. The number of hydrogen-bond donors (Lipinski definition) is 1. The molecule has 1 fully saturated rings. The second-order valence-corrected chi connectivity index (χ2v) is 7.60. The van der Waals surface area contributed by atoms with Gasteiger partial charge in [0.1, 0.15) is 5.52 Å². The van der Waals surface area contributed by atoms with E-state index in [-0.39, 0.29) is 6.04 Å². The third kappa shape index (κ3) is 3.90. The lowest BCUT2D eigenvalue weighted by Gasteiger charge is -2.28.